The lowest BCUT2D eigenvalue weighted by Crippen LogP contribution is -2.21. The first-order valence-corrected chi connectivity index (χ1v) is 10.0. The van der Waals surface area contributed by atoms with E-state index in [2.05, 4.69) is 21.3 Å². The maximum absolute atomic E-state index is 5.66. The van der Waals surface area contributed by atoms with Crippen molar-refractivity contribution in [3.8, 4) is 5.75 Å². The summed E-state index contributed by atoms with van der Waals surface area (Å²) in [5.74, 6) is 1.52. The number of imidazole rings is 1. The third-order valence-corrected chi connectivity index (χ3v) is 5.03. The topological polar surface area (TPSA) is 77.1 Å². The maximum atomic E-state index is 5.66. The highest BCUT2D eigenvalue weighted by Crippen LogP contribution is 2.22. The molecule has 0 amide bonds. The Morgan fingerprint density at radius 3 is 2.37 bits per heavy atom. The van der Waals surface area contributed by atoms with Crippen molar-refractivity contribution >= 4 is 40.0 Å². The van der Waals surface area contributed by atoms with Crippen molar-refractivity contribution in [2.24, 2.45) is 5.73 Å². The number of thiocarbonyl (C=S) groups is 1. The second-order valence-corrected chi connectivity index (χ2v) is 7.25. The van der Waals surface area contributed by atoms with Gasteiger partial charge in [0.25, 0.3) is 0 Å². The average Bonchev–Trinajstić information content (AvgIpc) is 3.11. The maximum Gasteiger partial charge on any atom is 0.210 e. The van der Waals surface area contributed by atoms with Crippen LogP contribution in [-0.4, -0.2) is 21.8 Å². The van der Waals surface area contributed by atoms with Gasteiger partial charge in [-0.25, -0.2) is 4.98 Å². The van der Waals surface area contributed by atoms with Crippen LogP contribution in [-0.2, 0) is 13.1 Å². The third-order valence-electron chi connectivity index (χ3n) is 4.83. The van der Waals surface area contributed by atoms with Crippen molar-refractivity contribution in [1.29, 1.82) is 0 Å². The summed E-state index contributed by atoms with van der Waals surface area (Å²) in [6, 6.07) is 23.9. The molecule has 152 valence electrons. The Morgan fingerprint density at radius 1 is 0.967 bits per heavy atom. The van der Waals surface area contributed by atoms with Crippen LogP contribution in [0.5, 0.6) is 5.75 Å². The second kappa shape index (κ2) is 8.94. The van der Waals surface area contributed by atoms with Gasteiger partial charge in [0.1, 0.15) is 5.75 Å². The highest BCUT2D eigenvalue weighted by molar-refractivity contribution is 7.80. The molecule has 0 radical (unpaired) electrons. The molecule has 4 N–H and O–H groups in total. The second-order valence-electron chi connectivity index (χ2n) is 6.84. The highest BCUT2D eigenvalue weighted by Gasteiger charge is 2.12. The zero-order chi connectivity index (χ0) is 20.9. The third kappa shape index (κ3) is 4.42. The molecule has 6 nitrogen and oxygen atoms in total. The highest BCUT2D eigenvalue weighted by atomic mass is 32.1. The number of aromatic nitrogens is 2. The minimum Gasteiger partial charge on any atom is -0.497 e. The first-order valence-electron chi connectivity index (χ1n) is 9.61. The first kappa shape index (κ1) is 19.9. The molecule has 30 heavy (non-hydrogen) atoms. The number of benzene rings is 3. The number of rotatable bonds is 6. The molecule has 0 saturated heterocycles. The van der Waals surface area contributed by atoms with Crippen LogP contribution in [0.2, 0.25) is 0 Å². The fourth-order valence-electron chi connectivity index (χ4n) is 3.23. The van der Waals surface area contributed by atoms with Crippen LogP contribution < -0.4 is 21.1 Å². The molecule has 0 aliphatic carbocycles. The lowest BCUT2D eigenvalue weighted by Gasteiger charge is -2.13. The molecule has 0 unspecified atom stereocenters. The standard InChI is InChI=1S/C23H23N5OS/c1-29-19-12-8-17(9-13-19)15-28-21-5-3-2-4-20(21)26-22(28)27-23(30)25-18-10-6-16(14-24)7-11-18/h2-13H,14-15,24H2,1H3,(H2,25,26,27,30). The zero-order valence-electron chi connectivity index (χ0n) is 16.6. The zero-order valence-corrected chi connectivity index (χ0v) is 17.4. The summed E-state index contributed by atoms with van der Waals surface area (Å²) < 4.78 is 7.37. The molecule has 7 heteroatoms. The number of fused-ring (bicyclic) bond motifs is 1. The summed E-state index contributed by atoms with van der Waals surface area (Å²) >= 11 is 5.52. The van der Waals surface area contributed by atoms with Crippen LogP contribution in [0.15, 0.2) is 72.8 Å². The average molecular weight is 418 g/mol. The van der Waals surface area contributed by atoms with E-state index in [0.717, 1.165) is 33.6 Å². The minimum atomic E-state index is 0.474. The fraction of sp³-hybridized carbons (Fsp3) is 0.130. The van der Waals surface area contributed by atoms with Gasteiger partial charge in [0.05, 0.1) is 24.7 Å². The monoisotopic (exact) mass is 417 g/mol. The summed E-state index contributed by atoms with van der Waals surface area (Å²) in [5, 5.41) is 6.92. The van der Waals surface area contributed by atoms with Crippen molar-refractivity contribution in [3.63, 3.8) is 0 Å². The summed E-state index contributed by atoms with van der Waals surface area (Å²) in [6.45, 7) is 1.17. The summed E-state index contributed by atoms with van der Waals surface area (Å²) in [4.78, 5) is 4.73. The molecule has 0 saturated carbocycles. The Morgan fingerprint density at radius 2 is 1.67 bits per heavy atom. The van der Waals surface area contributed by atoms with Crippen molar-refractivity contribution in [3.05, 3.63) is 83.9 Å². The Hall–Kier alpha value is -3.42. The predicted molar refractivity (Wildman–Crippen MR) is 126 cm³/mol. The number of methoxy groups -OCH3 is 1. The number of para-hydroxylation sites is 2. The number of hydrogen-bond donors (Lipinski definition) is 3. The molecule has 1 heterocycles. The number of nitrogens with one attached hydrogen (secondary N) is 2. The number of nitrogens with two attached hydrogens (primary N) is 1. The Kier molecular flexibility index (Phi) is 5.92. The first-order chi connectivity index (χ1) is 14.7. The summed E-state index contributed by atoms with van der Waals surface area (Å²) in [7, 11) is 1.66. The van der Waals surface area contributed by atoms with Crippen molar-refractivity contribution in [2.75, 3.05) is 17.7 Å². The van der Waals surface area contributed by atoms with Crippen LogP contribution in [0, 0.1) is 0 Å². The number of nitrogens with zero attached hydrogens (tertiary/aromatic N) is 2. The van der Waals surface area contributed by atoms with Crippen LogP contribution in [0.3, 0.4) is 0 Å². The lowest BCUT2D eigenvalue weighted by atomic mass is 10.2. The molecule has 4 aromatic rings. The van der Waals surface area contributed by atoms with E-state index >= 15 is 0 Å². The van der Waals surface area contributed by atoms with Gasteiger partial charge in [0.2, 0.25) is 5.95 Å². The molecule has 0 atom stereocenters. The molecular weight excluding hydrogens is 394 g/mol. The van der Waals surface area contributed by atoms with Crippen LogP contribution in [0.4, 0.5) is 11.6 Å². The number of hydrogen-bond acceptors (Lipinski definition) is 4. The lowest BCUT2D eigenvalue weighted by molar-refractivity contribution is 0.414. The Balaban J connectivity index is 1.57. The number of ether oxygens (including phenoxy) is 1. The molecule has 0 fully saturated rings. The van der Waals surface area contributed by atoms with Gasteiger partial charge >= 0.3 is 0 Å². The smallest absolute Gasteiger partial charge is 0.210 e. The Labute approximate surface area is 180 Å². The van der Waals surface area contributed by atoms with Crippen molar-refractivity contribution in [1.82, 2.24) is 9.55 Å². The van der Waals surface area contributed by atoms with Crippen LogP contribution in [0.25, 0.3) is 11.0 Å². The fourth-order valence-corrected chi connectivity index (χ4v) is 3.44. The largest absolute Gasteiger partial charge is 0.497 e. The van der Waals surface area contributed by atoms with Gasteiger partial charge in [-0.2, -0.15) is 0 Å². The van der Waals surface area contributed by atoms with Gasteiger partial charge in [0, 0.05) is 12.2 Å². The molecule has 1 aromatic heterocycles. The molecule has 3 aromatic carbocycles. The molecule has 0 aliphatic rings. The van der Waals surface area contributed by atoms with Crippen LogP contribution in [0.1, 0.15) is 11.1 Å². The molecule has 0 bridgehead atoms. The molecule has 4 rings (SSSR count). The summed E-state index contributed by atoms with van der Waals surface area (Å²) in [6.07, 6.45) is 0. The van der Waals surface area contributed by atoms with E-state index in [1.54, 1.807) is 7.11 Å². The van der Waals surface area contributed by atoms with Crippen molar-refractivity contribution < 1.29 is 4.74 Å². The van der Waals surface area contributed by atoms with E-state index < -0.39 is 0 Å². The number of anilines is 2. The quantitative estimate of drug-likeness (QED) is 0.405. The molecular formula is C23H23N5OS. The van der Waals surface area contributed by atoms with E-state index in [9.17, 15) is 0 Å². The van der Waals surface area contributed by atoms with Gasteiger partial charge < -0.3 is 25.7 Å². The van der Waals surface area contributed by atoms with Gasteiger partial charge in [-0.3, -0.25) is 0 Å². The SMILES string of the molecule is COc1ccc(Cn2c(NC(=S)Nc3ccc(CN)cc3)nc3ccccc32)cc1. The van der Waals surface area contributed by atoms with Gasteiger partial charge in [-0.1, -0.05) is 36.4 Å². The van der Waals surface area contributed by atoms with Crippen LogP contribution >= 0.6 is 12.2 Å². The van der Waals surface area contributed by atoms with Crippen molar-refractivity contribution in [2.45, 2.75) is 13.1 Å². The predicted octanol–water partition coefficient (Wildman–Crippen LogP) is 4.36. The Bertz CT molecular complexity index is 1150. The van der Waals surface area contributed by atoms with Gasteiger partial charge in [-0.15, -0.1) is 0 Å². The minimum absolute atomic E-state index is 0.474. The van der Waals surface area contributed by atoms with Gasteiger partial charge in [0.15, 0.2) is 5.11 Å². The summed E-state index contributed by atoms with van der Waals surface area (Å²) in [5.41, 5.74) is 10.7. The van der Waals surface area contributed by atoms with E-state index in [4.69, 9.17) is 27.7 Å². The van der Waals surface area contributed by atoms with Gasteiger partial charge in [-0.05, 0) is 59.7 Å². The van der Waals surface area contributed by atoms with E-state index in [1.807, 2.05) is 66.7 Å². The normalized spacial score (nSPS) is 10.7. The molecule has 0 aliphatic heterocycles. The van der Waals surface area contributed by atoms with E-state index in [0.29, 0.717) is 24.2 Å². The van der Waals surface area contributed by atoms with E-state index in [1.165, 1.54) is 0 Å². The molecule has 0 spiro atoms. The van der Waals surface area contributed by atoms with E-state index in [-0.39, 0.29) is 0 Å².